The Balaban J connectivity index is 1.40. The number of nitrogens with zero attached hydrogens (tertiary/aromatic N) is 4. The molecule has 0 bridgehead atoms. The first-order valence-corrected chi connectivity index (χ1v) is 19.6. The van der Waals surface area contributed by atoms with Crippen LogP contribution in [0.1, 0.15) is 62.5 Å². The molecule has 2 N–H and O–H groups in total. The highest BCUT2D eigenvalue weighted by Gasteiger charge is 2.42. The number of carboxylic acid groups (broad SMARTS) is 2. The van der Waals surface area contributed by atoms with Crippen LogP contribution in [0.3, 0.4) is 0 Å². The maximum absolute atomic E-state index is 14.1. The van der Waals surface area contributed by atoms with Gasteiger partial charge in [0.05, 0.1) is 4.53 Å². The van der Waals surface area contributed by atoms with E-state index in [0.717, 1.165) is 75.2 Å². The standard InChI is InChI=1S/C36H34N4O7S4/c1-2-37-32(46)30(51-36(37)48)34-38(16-7-6-13-27(41)42)33(47)29(50-34)35-39(19-28(43)44)31(45)26(49-35)18-20-14-15-25-23(17-20)22-11-8-12-24(22)40(25)21-9-4-3-5-10-21/h3-5,9-10,14-15,17-18,22,24H,2,6-8,11-13,16,19H2,1H3,(H,41,42)(H,43,44)/b26-18-,34-30+,35-29+. The topological polar surface area (TPSA) is 142 Å². The number of thiazole rings is 2. The number of carboxylic acids is 2. The highest BCUT2D eigenvalue weighted by atomic mass is 32.2. The van der Waals surface area contributed by atoms with Crippen molar-refractivity contribution in [1.29, 1.82) is 0 Å². The quantitative estimate of drug-likeness (QED) is 0.177. The largest absolute Gasteiger partial charge is 0.481 e. The van der Waals surface area contributed by atoms with Gasteiger partial charge in [0.2, 0.25) is 0 Å². The smallest absolute Gasteiger partial charge is 0.323 e. The van der Waals surface area contributed by atoms with E-state index in [0.29, 0.717) is 40.3 Å². The third-order valence-electron chi connectivity index (χ3n) is 9.51. The molecule has 1 aliphatic carbocycles. The Morgan fingerprint density at radius 2 is 1.73 bits per heavy atom. The summed E-state index contributed by atoms with van der Waals surface area (Å²) < 4.78 is 3.85. The number of amides is 1. The average molecular weight is 763 g/mol. The predicted octanol–water partition coefficient (Wildman–Crippen LogP) is 4.36. The van der Waals surface area contributed by atoms with Crippen molar-refractivity contribution in [2.24, 2.45) is 0 Å². The number of anilines is 2. The van der Waals surface area contributed by atoms with Crippen molar-refractivity contribution < 1.29 is 24.6 Å². The molecular weight excluding hydrogens is 729 g/mol. The molecule has 2 aliphatic heterocycles. The molecule has 15 heteroatoms. The molecule has 2 aromatic heterocycles. The van der Waals surface area contributed by atoms with Gasteiger partial charge in [-0.2, -0.15) is 0 Å². The summed E-state index contributed by atoms with van der Waals surface area (Å²) in [5.41, 5.74) is 3.32. The van der Waals surface area contributed by atoms with Crippen molar-refractivity contribution in [3.8, 4) is 0 Å². The lowest BCUT2D eigenvalue weighted by Crippen LogP contribution is -2.32. The number of para-hydroxylation sites is 1. The number of carbonyl (C=O) groups excluding carboxylic acids is 1. The van der Waals surface area contributed by atoms with E-state index >= 15 is 0 Å². The molecule has 2 fully saturated rings. The minimum Gasteiger partial charge on any atom is -0.481 e. The van der Waals surface area contributed by atoms with Crippen LogP contribution in [0.25, 0.3) is 11.0 Å². The highest BCUT2D eigenvalue weighted by molar-refractivity contribution is 8.30. The second-order valence-corrected chi connectivity index (χ2v) is 16.3. The van der Waals surface area contributed by atoms with Crippen molar-refractivity contribution in [3.05, 3.63) is 98.8 Å². The fourth-order valence-electron chi connectivity index (χ4n) is 7.27. The van der Waals surface area contributed by atoms with Crippen molar-refractivity contribution in [3.63, 3.8) is 0 Å². The normalized spacial score (nSPS) is 20.4. The highest BCUT2D eigenvalue weighted by Crippen LogP contribution is 2.52. The summed E-state index contributed by atoms with van der Waals surface area (Å²) in [7, 11) is 0. The lowest BCUT2D eigenvalue weighted by molar-refractivity contribution is -0.138. The van der Waals surface area contributed by atoms with E-state index in [4.69, 9.17) is 17.3 Å². The van der Waals surface area contributed by atoms with Gasteiger partial charge in [-0.1, -0.05) is 54.7 Å². The summed E-state index contributed by atoms with van der Waals surface area (Å²) in [4.78, 5) is 68.7. The van der Waals surface area contributed by atoms with E-state index in [1.54, 1.807) is 13.0 Å². The average Bonchev–Trinajstić information content (AvgIpc) is 3.90. The number of rotatable bonds is 10. The van der Waals surface area contributed by atoms with Crippen molar-refractivity contribution in [2.75, 3.05) is 11.4 Å². The summed E-state index contributed by atoms with van der Waals surface area (Å²) in [5.74, 6) is -2.16. The number of aromatic nitrogens is 2. The molecule has 3 aliphatic rings. The fourth-order valence-corrected chi connectivity index (χ4v) is 11.2. The molecule has 4 aromatic rings. The first-order valence-electron chi connectivity index (χ1n) is 16.7. The minimum absolute atomic E-state index is 0.0737. The zero-order chi connectivity index (χ0) is 36.0. The maximum Gasteiger partial charge on any atom is 0.323 e. The first kappa shape index (κ1) is 35.1. The van der Waals surface area contributed by atoms with Gasteiger partial charge in [0.15, 0.2) is 0 Å². The molecular formula is C36H34N4O7S4. The lowest BCUT2D eigenvalue weighted by Gasteiger charge is -2.27. The second kappa shape index (κ2) is 14.4. The van der Waals surface area contributed by atoms with Gasteiger partial charge in [0, 0.05) is 42.8 Å². The van der Waals surface area contributed by atoms with E-state index < -0.39 is 29.6 Å². The minimum atomic E-state index is -1.24. The molecule has 11 nitrogen and oxygen atoms in total. The molecule has 7 rings (SSSR count). The van der Waals surface area contributed by atoms with Gasteiger partial charge >= 0.3 is 11.9 Å². The van der Waals surface area contributed by atoms with Gasteiger partial charge < -0.3 is 15.1 Å². The zero-order valence-corrected chi connectivity index (χ0v) is 30.8. The van der Waals surface area contributed by atoms with Crippen LogP contribution in [0.15, 0.2) is 58.1 Å². The number of fused-ring (bicyclic) bond motifs is 3. The van der Waals surface area contributed by atoms with Crippen LogP contribution in [-0.4, -0.2) is 59.0 Å². The van der Waals surface area contributed by atoms with Crippen LogP contribution < -0.4 is 25.2 Å². The Bertz CT molecular complexity index is 2430. The summed E-state index contributed by atoms with van der Waals surface area (Å²) in [6.07, 6.45) is 5.65. The van der Waals surface area contributed by atoms with E-state index in [-0.39, 0.29) is 37.5 Å². The summed E-state index contributed by atoms with van der Waals surface area (Å²) in [5, 5.41) is 18.9. The maximum atomic E-state index is 14.1. The van der Waals surface area contributed by atoms with Crippen LogP contribution >= 0.6 is 46.7 Å². The fraction of sp³-hybridized carbons (Fsp3) is 0.333. The molecule has 1 saturated heterocycles. The Hall–Kier alpha value is -4.31. The molecule has 51 heavy (non-hydrogen) atoms. The van der Waals surface area contributed by atoms with Crippen molar-refractivity contribution >= 4 is 91.2 Å². The van der Waals surface area contributed by atoms with Crippen LogP contribution in [0.5, 0.6) is 0 Å². The monoisotopic (exact) mass is 762 g/mol. The Kier molecular flexibility index (Phi) is 9.89. The van der Waals surface area contributed by atoms with E-state index in [1.807, 2.05) is 24.3 Å². The van der Waals surface area contributed by atoms with E-state index in [1.165, 1.54) is 15.0 Å². The van der Waals surface area contributed by atoms with Crippen molar-refractivity contribution in [2.45, 2.75) is 70.5 Å². The summed E-state index contributed by atoms with van der Waals surface area (Å²) in [6.45, 7) is 1.64. The molecule has 0 spiro atoms. The van der Waals surface area contributed by atoms with Gasteiger partial charge in [-0.25, -0.2) is 0 Å². The first-order chi connectivity index (χ1) is 24.6. The number of hydrogen-bond donors (Lipinski definition) is 2. The SMILES string of the molecule is CCN1C(=O)/C(=c2\s/c(=c3/s/c(=C\c4ccc5c(c4)C4CCCC4N5c4ccccc4)c(=O)n3CC(=O)O)c(=O)n2CCCCC(=O)O)SC1=S. The molecule has 2 aromatic carbocycles. The molecule has 0 radical (unpaired) electrons. The van der Waals surface area contributed by atoms with Gasteiger partial charge in [-0.3, -0.25) is 38.0 Å². The van der Waals surface area contributed by atoms with E-state index in [2.05, 4.69) is 29.2 Å². The number of unbranched alkanes of at least 4 members (excludes halogenated alkanes) is 1. The van der Waals surface area contributed by atoms with Gasteiger partial charge in [-0.05, 0) is 74.1 Å². The lowest BCUT2D eigenvalue weighted by atomic mass is 9.96. The Morgan fingerprint density at radius 3 is 2.43 bits per heavy atom. The second-order valence-electron chi connectivity index (χ2n) is 12.6. The molecule has 1 saturated carbocycles. The predicted molar refractivity (Wildman–Crippen MR) is 203 cm³/mol. The molecule has 1 amide bonds. The van der Waals surface area contributed by atoms with Crippen molar-refractivity contribution in [1.82, 2.24) is 14.0 Å². The number of thiocarbonyl (C=S) groups is 1. The van der Waals surface area contributed by atoms with Gasteiger partial charge in [0.1, 0.15) is 29.6 Å². The van der Waals surface area contributed by atoms with Crippen LogP contribution in [0, 0.1) is 9.20 Å². The molecule has 2 atom stereocenters. The number of aliphatic carboxylic acids is 2. The Labute approximate surface area is 309 Å². The number of thioether (sulfide) groups is 1. The Morgan fingerprint density at radius 1 is 0.941 bits per heavy atom. The third-order valence-corrected chi connectivity index (χ3v) is 13.5. The zero-order valence-electron chi connectivity index (χ0n) is 27.6. The molecule has 4 heterocycles. The molecule has 2 unspecified atom stereocenters. The van der Waals surface area contributed by atoms with Gasteiger partial charge in [-0.15, -0.1) is 22.7 Å². The number of hydrogen-bond acceptors (Lipinski definition) is 10. The summed E-state index contributed by atoms with van der Waals surface area (Å²) in [6, 6.07) is 16.9. The number of carbonyl (C=O) groups is 3. The van der Waals surface area contributed by atoms with Crippen LogP contribution in [0.4, 0.5) is 11.4 Å². The van der Waals surface area contributed by atoms with Crippen LogP contribution in [-0.2, 0) is 27.5 Å². The van der Waals surface area contributed by atoms with E-state index in [9.17, 15) is 29.1 Å². The third kappa shape index (κ3) is 6.52. The van der Waals surface area contributed by atoms with Crippen LogP contribution in [0.2, 0.25) is 0 Å². The number of benzene rings is 2. The van der Waals surface area contributed by atoms with Gasteiger partial charge in [0.25, 0.3) is 17.0 Å². The summed E-state index contributed by atoms with van der Waals surface area (Å²) >= 11 is 8.58. The molecule has 264 valence electrons.